The van der Waals surface area contributed by atoms with E-state index in [0.29, 0.717) is 16.8 Å². The lowest BCUT2D eigenvalue weighted by Gasteiger charge is -2.19. The molecule has 1 aliphatic heterocycles. The number of hydrogen-bond donors (Lipinski definition) is 2. The van der Waals surface area contributed by atoms with Gasteiger partial charge in [-0.15, -0.1) is 0 Å². The summed E-state index contributed by atoms with van der Waals surface area (Å²) >= 11 is 0. The minimum Gasteiger partial charge on any atom is -0.452 e. The zero-order chi connectivity index (χ0) is 19.2. The van der Waals surface area contributed by atoms with Crippen molar-refractivity contribution in [3.8, 4) is 0 Å². The molecule has 27 heavy (non-hydrogen) atoms. The van der Waals surface area contributed by atoms with Crippen molar-refractivity contribution in [3.05, 3.63) is 59.2 Å². The number of aryl methyl sites for hydroxylation is 1. The summed E-state index contributed by atoms with van der Waals surface area (Å²) in [6.45, 7) is 3.65. The largest absolute Gasteiger partial charge is 0.452 e. The second-order valence-electron chi connectivity index (χ2n) is 6.67. The Kier molecular flexibility index (Phi) is 6.08. The van der Waals surface area contributed by atoms with Gasteiger partial charge in [-0.05, 0) is 61.2 Å². The summed E-state index contributed by atoms with van der Waals surface area (Å²) in [7, 11) is 0. The Labute approximate surface area is 158 Å². The summed E-state index contributed by atoms with van der Waals surface area (Å²) in [5, 5.41) is 11.8. The summed E-state index contributed by atoms with van der Waals surface area (Å²) in [6.07, 6.45) is 2.43. The number of benzene rings is 2. The van der Waals surface area contributed by atoms with E-state index in [9.17, 15) is 9.59 Å². The lowest BCUT2D eigenvalue weighted by molar-refractivity contribution is -0.119. The van der Waals surface area contributed by atoms with E-state index in [1.165, 1.54) is 18.5 Å². The first kappa shape index (κ1) is 18.9. The molecule has 0 saturated carbocycles. The van der Waals surface area contributed by atoms with Crippen LogP contribution in [0, 0.1) is 6.92 Å². The number of amides is 1. The highest BCUT2D eigenvalue weighted by molar-refractivity contribution is 5.96. The monoisotopic (exact) mass is 368 g/mol. The van der Waals surface area contributed by atoms with Crippen LogP contribution < -0.4 is 10.2 Å². The molecule has 1 saturated heterocycles. The van der Waals surface area contributed by atoms with Crippen LogP contribution in [0.1, 0.15) is 34.3 Å². The molecule has 2 aromatic carbocycles. The van der Waals surface area contributed by atoms with Crippen LogP contribution in [0.3, 0.4) is 0 Å². The van der Waals surface area contributed by atoms with E-state index in [2.05, 4.69) is 16.3 Å². The van der Waals surface area contributed by atoms with Crippen molar-refractivity contribution in [3.63, 3.8) is 0 Å². The molecule has 3 rings (SSSR count). The molecule has 1 amide bonds. The quantitative estimate of drug-likeness (QED) is 0.767. The summed E-state index contributed by atoms with van der Waals surface area (Å²) in [5.74, 6) is -0.955. The molecule has 0 aromatic heterocycles. The van der Waals surface area contributed by atoms with Gasteiger partial charge in [-0.1, -0.05) is 12.1 Å². The number of rotatable bonds is 6. The minimum absolute atomic E-state index is 0.0896. The average molecular weight is 368 g/mol. The molecule has 142 valence electrons. The highest BCUT2D eigenvalue weighted by atomic mass is 16.5. The van der Waals surface area contributed by atoms with Crippen LogP contribution >= 0.6 is 0 Å². The number of nitrogens with zero attached hydrogens (tertiary/aromatic N) is 1. The van der Waals surface area contributed by atoms with Crippen molar-refractivity contribution < 1.29 is 19.4 Å². The Morgan fingerprint density at radius 1 is 1.11 bits per heavy atom. The van der Waals surface area contributed by atoms with Crippen LogP contribution in [0.4, 0.5) is 11.4 Å². The first-order valence-electron chi connectivity index (χ1n) is 9.09. The lowest BCUT2D eigenvalue weighted by atomic mass is 10.1. The van der Waals surface area contributed by atoms with E-state index in [4.69, 9.17) is 9.84 Å². The number of carbonyl (C=O) groups is 2. The third-order valence-corrected chi connectivity index (χ3v) is 4.66. The van der Waals surface area contributed by atoms with E-state index < -0.39 is 5.97 Å². The Bertz CT molecular complexity index is 811. The topological polar surface area (TPSA) is 78.9 Å². The Morgan fingerprint density at radius 2 is 1.81 bits per heavy atom. The van der Waals surface area contributed by atoms with E-state index in [0.717, 1.165) is 18.7 Å². The lowest BCUT2D eigenvalue weighted by Crippen LogP contribution is -2.22. The number of ether oxygens (including phenoxy) is 1. The van der Waals surface area contributed by atoms with Gasteiger partial charge in [-0.3, -0.25) is 4.79 Å². The van der Waals surface area contributed by atoms with Crippen LogP contribution in [0.5, 0.6) is 0 Å². The Balaban J connectivity index is 1.53. The van der Waals surface area contributed by atoms with Gasteiger partial charge in [0.05, 0.1) is 12.2 Å². The van der Waals surface area contributed by atoms with Crippen molar-refractivity contribution in [2.45, 2.75) is 26.4 Å². The number of hydrogen-bond acceptors (Lipinski definition) is 5. The summed E-state index contributed by atoms with van der Waals surface area (Å²) < 4.78 is 5.06. The Morgan fingerprint density at radius 3 is 2.44 bits per heavy atom. The van der Waals surface area contributed by atoms with Crippen molar-refractivity contribution in [2.75, 3.05) is 29.9 Å². The smallest absolute Gasteiger partial charge is 0.338 e. The van der Waals surface area contributed by atoms with Gasteiger partial charge in [0.1, 0.15) is 0 Å². The van der Waals surface area contributed by atoms with Gasteiger partial charge >= 0.3 is 5.97 Å². The molecule has 0 atom stereocenters. The van der Waals surface area contributed by atoms with Crippen LogP contribution in [0.2, 0.25) is 0 Å². The molecule has 0 unspecified atom stereocenters. The minimum atomic E-state index is -0.573. The third-order valence-electron chi connectivity index (χ3n) is 4.66. The highest BCUT2D eigenvalue weighted by Gasteiger charge is 2.14. The molecule has 2 aromatic rings. The molecular formula is C21H24N2O4. The molecule has 1 heterocycles. The number of aliphatic hydroxyl groups excluding tert-OH is 1. The number of aliphatic hydroxyl groups is 1. The molecule has 6 nitrogen and oxygen atoms in total. The molecule has 6 heteroatoms. The number of nitrogens with one attached hydrogen (secondary N) is 1. The van der Waals surface area contributed by atoms with Crippen LogP contribution in [0.15, 0.2) is 42.5 Å². The van der Waals surface area contributed by atoms with Crippen LogP contribution in [-0.4, -0.2) is 36.7 Å². The fraction of sp³-hybridized carbons (Fsp3) is 0.333. The zero-order valence-electron chi connectivity index (χ0n) is 15.4. The standard InChI is InChI=1S/C21H24N2O4/c1-15-12-18(23-10-2-3-11-23)8-9-19(15)22-20(25)14-27-21(26)17-6-4-16(13-24)5-7-17/h4-9,12,24H,2-3,10-11,13-14H2,1H3,(H,22,25). The first-order chi connectivity index (χ1) is 13.1. The molecule has 1 fully saturated rings. The second kappa shape index (κ2) is 8.68. The normalized spacial score (nSPS) is 13.5. The average Bonchev–Trinajstić information content (AvgIpc) is 3.22. The molecule has 0 radical (unpaired) electrons. The van der Waals surface area contributed by atoms with Crippen LogP contribution in [-0.2, 0) is 16.1 Å². The van der Waals surface area contributed by atoms with Gasteiger partial charge < -0.3 is 20.1 Å². The van der Waals surface area contributed by atoms with E-state index in [1.807, 2.05) is 19.1 Å². The summed E-state index contributed by atoms with van der Waals surface area (Å²) in [5.41, 5.74) is 3.90. The van der Waals surface area contributed by atoms with Crippen molar-refractivity contribution in [1.29, 1.82) is 0 Å². The van der Waals surface area contributed by atoms with Gasteiger partial charge in [0, 0.05) is 24.5 Å². The SMILES string of the molecule is Cc1cc(N2CCCC2)ccc1NC(=O)COC(=O)c1ccc(CO)cc1. The Hall–Kier alpha value is -2.86. The maximum Gasteiger partial charge on any atom is 0.338 e. The van der Waals surface area contributed by atoms with Gasteiger partial charge in [0.25, 0.3) is 5.91 Å². The highest BCUT2D eigenvalue weighted by Crippen LogP contribution is 2.25. The van der Waals surface area contributed by atoms with Gasteiger partial charge in [0.15, 0.2) is 6.61 Å². The zero-order valence-corrected chi connectivity index (χ0v) is 15.4. The maximum absolute atomic E-state index is 12.1. The third kappa shape index (κ3) is 4.86. The predicted octanol–water partition coefficient (Wildman–Crippen LogP) is 2.88. The van der Waals surface area contributed by atoms with Crippen molar-refractivity contribution in [1.82, 2.24) is 0 Å². The van der Waals surface area contributed by atoms with E-state index in [-0.39, 0.29) is 19.1 Å². The van der Waals surface area contributed by atoms with Gasteiger partial charge in [0.2, 0.25) is 0 Å². The maximum atomic E-state index is 12.1. The van der Waals surface area contributed by atoms with Gasteiger partial charge in [-0.25, -0.2) is 4.79 Å². The first-order valence-corrected chi connectivity index (χ1v) is 9.09. The molecular weight excluding hydrogens is 344 g/mol. The molecule has 0 bridgehead atoms. The molecule has 1 aliphatic rings. The predicted molar refractivity (Wildman–Crippen MR) is 104 cm³/mol. The molecule has 0 aliphatic carbocycles. The second-order valence-corrected chi connectivity index (χ2v) is 6.67. The molecule has 0 spiro atoms. The van der Waals surface area contributed by atoms with Crippen LogP contribution in [0.25, 0.3) is 0 Å². The van der Waals surface area contributed by atoms with E-state index in [1.54, 1.807) is 24.3 Å². The summed E-state index contributed by atoms with van der Waals surface area (Å²) in [6, 6.07) is 12.4. The van der Waals surface area contributed by atoms with Crippen molar-refractivity contribution >= 4 is 23.3 Å². The number of esters is 1. The summed E-state index contributed by atoms with van der Waals surface area (Å²) in [4.78, 5) is 26.4. The van der Waals surface area contributed by atoms with E-state index >= 15 is 0 Å². The number of carbonyl (C=O) groups excluding carboxylic acids is 2. The fourth-order valence-electron chi connectivity index (χ4n) is 3.11. The van der Waals surface area contributed by atoms with Crippen molar-refractivity contribution in [2.24, 2.45) is 0 Å². The fourth-order valence-corrected chi connectivity index (χ4v) is 3.11. The molecule has 2 N–H and O–H groups in total. The van der Waals surface area contributed by atoms with Gasteiger partial charge in [-0.2, -0.15) is 0 Å². The number of anilines is 2.